The molecular weight excluding hydrogens is 272 g/mol. The van der Waals surface area contributed by atoms with Gasteiger partial charge >= 0.3 is 5.97 Å². The van der Waals surface area contributed by atoms with Gasteiger partial charge in [-0.3, -0.25) is 0 Å². The molecule has 4 N–H and O–H groups in total. The molecule has 1 aliphatic heterocycles. The molecule has 1 rings (SSSR count). The smallest absolute Gasteiger partial charge is 0.333 e. The van der Waals surface area contributed by atoms with Gasteiger partial charge in [-0.15, -0.1) is 0 Å². The Morgan fingerprint density at radius 3 is 2.40 bits per heavy atom. The van der Waals surface area contributed by atoms with Crippen molar-refractivity contribution in [2.45, 2.75) is 37.6 Å². The van der Waals surface area contributed by atoms with Crippen LogP contribution in [0.3, 0.4) is 0 Å². The number of carbonyl (C=O) groups is 1. The molecular formula is C12H20O8. The molecule has 0 aromatic carbocycles. The molecule has 5 atom stereocenters. The number of hydrogen-bond donors (Lipinski definition) is 4. The molecule has 0 amide bonds. The van der Waals surface area contributed by atoms with E-state index < -0.39 is 43.3 Å². The molecule has 0 aliphatic carbocycles. The number of aliphatic hydroxyl groups is 4. The second-order valence-electron chi connectivity index (χ2n) is 4.48. The third-order valence-corrected chi connectivity index (χ3v) is 2.80. The second kappa shape index (κ2) is 7.67. The van der Waals surface area contributed by atoms with Crippen molar-refractivity contribution < 1.29 is 39.4 Å². The summed E-state index contributed by atoms with van der Waals surface area (Å²) in [6.07, 6.45) is -6.66. The van der Waals surface area contributed by atoms with E-state index in [9.17, 15) is 20.1 Å². The predicted octanol–water partition coefficient (Wildman–Crippen LogP) is -2.08. The van der Waals surface area contributed by atoms with Crippen molar-refractivity contribution in [2.24, 2.45) is 0 Å². The summed E-state index contributed by atoms with van der Waals surface area (Å²) in [7, 11) is 0. The highest BCUT2D eigenvalue weighted by molar-refractivity contribution is 5.86. The van der Waals surface area contributed by atoms with E-state index in [1.54, 1.807) is 0 Å². The van der Waals surface area contributed by atoms with E-state index in [2.05, 4.69) is 6.58 Å². The van der Waals surface area contributed by atoms with Crippen molar-refractivity contribution in [2.75, 3.05) is 19.8 Å². The van der Waals surface area contributed by atoms with Crippen molar-refractivity contribution in [3.8, 4) is 0 Å². The minimum atomic E-state index is -1.50. The molecule has 1 aliphatic rings. The van der Waals surface area contributed by atoms with Crippen LogP contribution in [0.4, 0.5) is 0 Å². The zero-order valence-electron chi connectivity index (χ0n) is 11.1. The Morgan fingerprint density at radius 1 is 1.20 bits per heavy atom. The van der Waals surface area contributed by atoms with E-state index in [0.29, 0.717) is 0 Å². The number of esters is 1. The van der Waals surface area contributed by atoms with E-state index in [0.717, 1.165) is 0 Å². The van der Waals surface area contributed by atoms with Gasteiger partial charge in [0.15, 0.2) is 6.29 Å². The van der Waals surface area contributed by atoms with Crippen LogP contribution in [0.1, 0.15) is 6.92 Å². The highest BCUT2D eigenvalue weighted by atomic mass is 16.7. The zero-order chi connectivity index (χ0) is 15.3. The maximum atomic E-state index is 11.1. The van der Waals surface area contributed by atoms with Gasteiger partial charge in [0.25, 0.3) is 0 Å². The van der Waals surface area contributed by atoms with E-state index in [-0.39, 0.29) is 18.8 Å². The third kappa shape index (κ3) is 4.23. The fourth-order valence-electron chi connectivity index (χ4n) is 1.63. The summed E-state index contributed by atoms with van der Waals surface area (Å²) < 4.78 is 15.0. The van der Waals surface area contributed by atoms with E-state index in [1.807, 2.05) is 0 Å². The summed E-state index contributed by atoms with van der Waals surface area (Å²) in [5.74, 6) is -0.567. The van der Waals surface area contributed by atoms with Gasteiger partial charge in [0.05, 0.1) is 13.2 Å². The van der Waals surface area contributed by atoms with E-state index in [4.69, 9.17) is 19.3 Å². The molecule has 0 aromatic rings. The number of ether oxygens (including phenoxy) is 3. The minimum Gasteiger partial charge on any atom is -0.460 e. The summed E-state index contributed by atoms with van der Waals surface area (Å²) in [5, 5.41) is 37.7. The van der Waals surface area contributed by atoms with Crippen molar-refractivity contribution in [1.82, 2.24) is 0 Å². The van der Waals surface area contributed by atoms with Crippen LogP contribution in [-0.4, -0.2) is 76.9 Å². The first-order valence-electron chi connectivity index (χ1n) is 6.13. The predicted molar refractivity (Wildman–Crippen MR) is 65.5 cm³/mol. The Morgan fingerprint density at radius 2 is 1.85 bits per heavy atom. The van der Waals surface area contributed by atoms with Gasteiger partial charge in [-0.1, -0.05) is 6.58 Å². The molecule has 0 aromatic heterocycles. The molecule has 1 fully saturated rings. The highest BCUT2D eigenvalue weighted by Crippen LogP contribution is 2.21. The summed E-state index contributed by atoms with van der Waals surface area (Å²) >= 11 is 0. The van der Waals surface area contributed by atoms with Crippen LogP contribution in [0.2, 0.25) is 0 Å². The van der Waals surface area contributed by atoms with Crippen molar-refractivity contribution >= 4 is 5.97 Å². The van der Waals surface area contributed by atoms with Gasteiger partial charge in [-0.25, -0.2) is 4.79 Å². The Balaban J connectivity index is 2.39. The van der Waals surface area contributed by atoms with Crippen molar-refractivity contribution in [3.63, 3.8) is 0 Å². The largest absolute Gasteiger partial charge is 0.460 e. The summed E-state index contributed by atoms with van der Waals surface area (Å²) in [6, 6.07) is 0. The van der Waals surface area contributed by atoms with Gasteiger partial charge in [-0.2, -0.15) is 0 Å². The number of rotatable bonds is 6. The van der Waals surface area contributed by atoms with Crippen LogP contribution in [0.15, 0.2) is 12.2 Å². The van der Waals surface area contributed by atoms with Gasteiger partial charge in [-0.05, 0) is 6.92 Å². The van der Waals surface area contributed by atoms with Gasteiger partial charge in [0.2, 0.25) is 0 Å². The van der Waals surface area contributed by atoms with Crippen LogP contribution < -0.4 is 0 Å². The monoisotopic (exact) mass is 292 g/mol. The van der Waals surface area contributed by atoms with Crippen LogP contribution >= 0.6 is 0 Å². The van der Waals surface area contributed by atoms with E-state index >= 15 is 0 Å². The molecule has 0 spiro atoms. The van der Waals surface area contributed by atoms with Crippen molar-refractivity contribution in [1.29, 1.82) is 0 Å². The molecule has 1 saturated heterocycles. The summed E-state index contributed by atoms with van der Waals surface area (Å²) in [5.41, 5.74) is 0.248. The van der Waals surface area contributed by atoms with Crippen LogP contribution in [0.25, 0.3) is 0 Å². The Hall–Kier alpha value is -1.03. The number of aliphatic hydroxyl groups excluding tert-OH is 4. The molecule has 8 nitrogen and oxygen atoms in total. The standard InChI is InChI=1S/C12H20O8/c1-6(2)11(17)18-3-4-19-12-10(16)9(15)8(14)7(5-13)20-12/h7-10,12-16H,1,3-5H2,2H3/t7-,8-,9-,10-,12?/m1/s1. The van der Waals surface area contributed by atoms with Crippen LogP contribution in [0, 0.1) is 0 Å². The average Bonchev–Trinajstić information content (AvgIpc) is 2.42. The normalized spacial score (nSPS) is 33.8. The lowest BCUT2D eigenvalue weighted by Crippen LogP contribution is -2.59. The lowest BCUT2D eigenvalue weighted by Gasteiger charge is -2.39. The molecule has 0 bridgehead atoms. The fourth-order valence-corrected chi connectivity index (χ4v) is 1.63. The SMILES string of the molecule is C=C(C)C(=O)OCCOC1O[C@H](CO)[C@@H](O)[C@@H](O)[C@H]1O. The molecule has 8 heteroatoms. The van der Waals surface area contributed by atoms with Gasteiger partial charge < -0.3 is 34.6 Å². The molecule has 116 valence electrons. The number of carbonyl (C=O) groups excluding carboxylic acids is 1. The maximum Gasteiger partial charge on any atom is 0.333 e. The summed E-state index contributed by atoms with van der Waals surface area (Å²) in [4.78, 5) is 11.1. The average molecular weight is 292 g/mol. The lowest BCUT2D eigenvalue weighted by molar-refractivity contribution is -0.302. The Kier molecular flexibility index (Phi) is 6.53. The second-order valence-corrected chi connectivity index (χ2v) is 4.48. The molecule has 1 unspecified atom stereocenters. The first kappa shape index (κ1) is 17.0. The quantitative estimate of drug-likeness (QED) is 0.250. The van der Waals surface area contributed by atoms with Gasteiger partial charge in [0.1, 0.15) is 31.0 Å². The number of hydrogen-bond acceptors (Lipinski definition) is 8. The van der Waals surface area contributed by atoms with E-state index in [1.165, 1.54) is 6.92 Å². The maximum absolute atomic E-state index is 11.1. The third-order valence-electron chi connectivity index (χ3n) is 2.80. The Labute approximate surface area is 116 Å². The molecule has 1 heterocycles. The highest BCUT2D eigenvalue weighted by Gasteiger charge is 2.43. The van der Waals surface area contributed by atoms with Crippen LogP contribution in [-0.2, 0) is 19.0 Å². The molecule has 20 heavy (non-hydrogen) atoms. The topological polar surface area (TPSA) is 126 Å². The Bertz CT molecular complexity index is 342. The van der Waals surface area contributed by atoms with Crippen LogP contribution in [0.5, 0.6) is 0 Å². The fraction of sp³-hybridized carbons (Fsp3) is 0.750. The minimum absolute atomic E-state index is 0.0816. The first-order valence-corrected chi connectivity index (χ1v) is 6.13. The lowest BCUT2D eigenvalue weighted by atomic mass is 9.99. The van der Waals surface area contributed by atoms with Gasteiger partial charge in [0, 0.05) is 5.57 Å². The molecule has 0 saturated carbocycles. The molecule has 0 radical (unpaired) electrons. The first-order chi connectivity index (χ1) is 9.38. The zero-order valence-corrected chi connectivity index (χ0v) is 11.1. The summed E-state index contributed by atoms with van der Waals surface area (Å²) in [6.45, 7) is 4.21. The van der Waals surface area contributed by atoms with Crippen molar-refractivity contribution in [3.05, 3.63) is 12.2 Å².